The van der Waals surface area contributed by atoms with Crippen molar-refractivity contribution in [2.75, 3.05) is 43.6 Å². The summed E-state index contributed by atoms with van der Waals surface area (Å²) in [6, 6.07) is 6.86. The number of ether oxygens (including phenoxy) is 2. The van der Waals surface area contributed by atoms with Gasteiger partial charge in [-0.3, -0.25) is 19.3 Å². The summed E-state index contributed by atoms with van der Waals surface area (Å²) in [4.78, 5) is 41.6. The van der Waals surface area contributed by atoms with Crippen LogP contribution in [0.5, 0.6) is 5.75 Å². The SMILES string of the molecule is CN(C1CC1)[C@H](CNC(=O)c1ccc(Cl)s1)C(=O)Nc1ccc(N2CCOCC2=O)cc1OC(F)F. The van der Waals surface area contributed by atoms with E-state index in [-0.39, 0.29) is 49.0 Å². The number of amides is 3. The molecule has 2 heterocycles. The van der Waals surface area contributed by atoms with Crippen LogP contribution >= 0.6 is 22.9 Å². The van der Waals surface area contributed by atoms with Crippen LogP contribution in [0, 0.1) is 0 Å². The second-order valence-corrected chi connectivity index (χ2v) is 10.1. The largest absolute Gasteiger partial charge is 0.433 e. The Morgan fingerprint density at radius 3 is 2.72 bits per heavy atom. The maximum atomic E-state index is 13.3. The zero-order valence-electron chi connectivity index (χ0n) is 19.3. The lowest BCUT2D eigenvalue weighted by molar-refractivity contribution is -0.125. The first-order valence-electron chi connectivity index (χ1n) is 11.3. The van der Waals surface area contributed by atoms with Crippen LogP contribution < -0.4 is 20.3 Å². The Balaban J connectivity index is 1.51. The van der Waals surface area contributed by atoms with Crippen LogP contribution in [0.15, 0.2) is 30.3 Å². The quantitative estimate of drug-likeness (QED) is 0.478. The number of hydrogen-bond acceptors (Lipinski definition) is 7. The van der Waals surface area contributed by atoms with Gasteiger partial charge in [0.05, 0.1) is 21.5 Å². The van der Waals surface area contributed by atoms with Gasteiger partial charge >= 0.3 is 6.61 Å². The van der Waals surface area contributed by atoms with Crippen LogP contribution in [-0.2, 0) is 14.3 Å². The lowest BCUT2D eigenvalue weighted by Gasteiger charge is -2.29. The highest BCUT2D eigenvalue weighted by Gasteiger charge is 2.35. The van der Waals surface area contributed by atoms with Gasteiger partial charge in [-0.25, -0.2) is 0 Å². The molecule has 2 aromatic rings. The second kappa shape index (κ2) is 11.5. The maximum Gasteiger partial charge on any atom is 0.387 e. The van der Waals surface area contributed by atoms with Gasteiger partial charge in [0.2, 0.25) is 5.91 Å². The molecule has 36 heavy (non-hydrogen) atoms. The molecule has 0 unspecified atom stereocenters. The van der Waals surface area contributed by atoms with Crippen LogP contribution in [0.4, 0.5) is 20.2 Å². The number of morpholine rings is 1. The number of alkyl halides is 2. The van der Waals surface area contributed by atoms with Crippen molar-refractivity contribution in [2.24, 2.45) is 0 Å². The van der Waals surface area contributed by atoms with E-state index in [2.05, 4.69) is 15.4 Å². The molecule has 3 amide bonds. The van der Waals surface area contributed by atoms with Crippen LogP contribution in [0.3, 0.4) is 0 Å². The van der Waals surface area contributed by atoms with Crippen molar-refractivity contribution in [2.45, 2.75) is 31.5 Å². The molecule has 1 aromatic heterocycles. The average molecular weight is 543 g/mol. The zero-order valence-corrected chi connectivity index (χ0v) is 20.9. The third kappa shape index (κ3) is 6.49. The smallest absolute Gasteiger partial charge is 0.387 e. The van der Waals surface area contributed by atoms with Crippen LogP contribution in [-0.4, -0.2) is 74.7 Å². The summed E-state index contributed by atoms with van der Waals surface area (Å²) in [6.45, 7) is -2.67. The molecular weight excluding hydrogens is 518 g/mol. The molecule has 13 heteroatoms. The van der Waals surface area contributed by atoms with Gasteiger partial charge in [0.25, 0.3) is 11.8 Å². The fraction of sp³-hybridized carbons (Fsp3) is 0.435. The second-order valence-electron chi connectivity index (χ2n) is 8.37. The molecule has 1 aliphatic heterocycles. The van der Waals surface area contributed by atoms with E-state index < -0.39 is 18.6 Å². The molecular formula is C23H25ClF2N4O5S. The fourth-order valence-electron chi connectivity index (χ4n) is 3.85. The van der Waals surface area contributed by atoms with E-state index in [4.69, 9.17) is 16.3 Å². The molecule has 2 aliphatic rings. The van der Waals surface area contributed by atoms with Crippen LogP contribution in [0.2, 0.25) is 4.34 Å². The molecule has 1 aromatic carbocycles. The number of benzene rings is 1. The highest BCUT2D eigenvalue weighted by molar-refractivity contribution is 7.18. The average Bonchev–Trinajstić information content (AvgIpc) is 3.60. The highest BCUT2D eigenvalue weighted by atomic mass is 35.5. The molecule has 9 nitrogen and oxygen atoms in total. The molecule has 1 saturated heterocycles. The van der Waals surface area contributed by atoms with Crippen molar-refractivity contribution < 1.29 is 32.6 Å². The molecule has 1 aliphatic carbocycles. The summed E-state index contributed by atoms with van der Waals surface area (Å²) in [6.07, 6.45) is 1.83. The Morgan fingerprint density at radius 1 is 1.31 bits per heavy atom. The van der Waals surface area contributed by atoms with Crippen molar-refractivity contribution in [1.29, 1.82) is 0 Å². The van der Waals surface area contributed by atoms with Crippen LogP contribution in [0.25, 0.3) is 0 Å². The summed E-state index contributed by atoms with van der Waals surface area (Å²) < 4.78 is 36.6. The van der Waals surface area contributed by atoms with E-state index in [1.165, 1.54) is 17.0 Å². The van der Waals surface area contributed by atoms with Crippen molar-refractivity contribution in [3.05, 3.63) is 39.5 Å². The summed E-state index contributed by atoms with van der Waals surface area (Å²) in [5.74, 6) is -1.45. The third-order valence-corrected chi connectivity index (χ3v) is 7.14. The molecule has 0 spiro atoms. The number of likely N-dealkylation sites (N-methyl/N-ethyl adjacent to an activating group) is 1. The number of halogens is 3. The normalized spacial score (nSPS) is 16.8. The minimum Gasteiger partial charge on any atom is -0.433 e. The van der Waals surface area contributed by atoms with Crippen molar-refractivity contribution in [1.82, 2.24) is 10.2 Å². The number of nitrogens with one attached hydrogen (secondary N) is 2. The molecule has 2 fully saturated rings. The topological polar surface area (TPSA) is 100 Å². The van der Waals surface area contributed by atoms with E-state index in [1.807, 2.05) is 4.90 Å². The Labute approximate surface area is 215 Å². The third-order valence-electron chi connectivity index (χ3n) is 5.91. The van der Waals surface area contributed by atoms with Gasteiger partial charge in [-0.2, -0.15) is 8.78 Å². The Hall–Kier alpha value is -2.80. The van der Waals surface area contributed by atoms with Gasteiger partial charge in [-0.1, -0.05) is 11.6 Å². The summed E-state index contributed by atoms with van der Waals surface area (Å²) in [7, 11) is 1.78. The zero-order chi connectivity index (χ0) is 25.8. The Kier molecular flexibility index (Phi) is 8.39. The van der Waals surface area contributed by atoms with Gasteiger partial charge in [-0.15, -0.1) is 11.3 Å². The standard InChI is InChI=1S/C23H25ClF2N4O5S/c1-29(13-2-3-13)16(11-27-22(33)18-6-7-19(24)36-18)21(32)28-15-5-4-14(10-17(15)35-23(25)26)30-8-9-34-12-20(30)31/h4-7,10,13,16,23H,2-3,8-9,11-12H2,1H3,(H,27,33)(H,28,32)/t16-/m1/s1. The number of anilines is 2. The summed E-state index contributed by atoms with van der Waals surface area (Å²) in [5.41, 5.74) is 0.376. The summed E-state index contributed by atoms with van der Waals surface area (Å²) in [5, 5.41) is 5.40. The monoisotopic (exact) mass is 542 g/mol. The Bertz CT molecular complexity index is 1130. The molecule has 4 rings (SSSR count). The number of carbonyl (C=O) groups excluding carboxylic acids is 3. The van der Waals surface area contributed by atoms with Crippen LogP contribution in [0.1, 0.15) is 22.5 Å². The first-order valence-corrected chi connectivity index (χ1v) is 12.5. The van der Waals surface area contributed by atoms with Gasteiger partial charge in [-0.05, 0) is 44.2 Å². The van der Waals surface area contributed by atoms with Gasteiger partial charge in [0.1, 0.15) is 12.6 Å². The lowest BCUT2D eigenvalue weighted by Crippen LogP contribution is -2.50. The van der Waals surface area contributed by atoms with Crippen molar-refractivity contribution in [3.63, 3.8) is 0 Å². The van der Waals surface area contributed by atoms with Crippen molar-refractivity contribution in [3.8, 4) is 5.75 Å². The molecule has 0 radical (unpaired) electrons. The predicted molar refractivity (Wildman–Crippen MR) is 131 cm³/mol. The predicted octanol–water partition coefficient (Wildman–Crippen LogP) is 3.20. The van der Waals surface area contributed by atoms with Gasteiger partial charge in [0.15, 0.2) is 5.75 Å². The molecule has 0 bridgehead atoms. The minimum atomic E-state index is -3.14. The van der Waals surface area contributed by atoms with Gasteiger partial charge in [0, 0.05) is 30.9 Å². The molecule has 1 atom stereocenters. The molecule has 2 N–H and O–H groups in total. The van der Waals surface area contributed by atoms with E-state index >= 15 is 0 Å². The number of thiophene rings is 1. The first-order chi connectivity index (χ1) is 17.2. The van der Waals surface area contributed by atoms with E-state index in [9.17, 15) is 23.2 Å². The van der Waals surface area contributed by atoms with E-state index in [0.717, 1.165) is 24.2 Å². The first kappa shape index (κ1) is 26.3. The highest BCUT2D eigenvalue weighted by Crippen LogP contribution is 2.33. The maximum absolute atomic E-state index is 13.3. The van der Waals surface area contributed by atoms with Crippen molar-refractivity contribution >= 4 is 52.0 Å². The molecule has 194 valence electrons. The number of nitrogens with zero attached hydrogens (tertiary/aromatic N) is 2. The number of rotatable bonds is 10. The van der Waals surface area contributed by atoms with E-state index in [1.54, 1.807) is 25.2 Å². The minimum absolute atomic E-state index is 0.00140. The summed E-state index contributed by atoms with van der Waals surface area (Å²) >= 11 is 7.02. The van der Waals surface area contributed by atoms with E-state index in [0.29, 0.717) is 21.5 Å². The number of hydrogen-bond donors (Lipinski definition) is 2. The number of carbonyl (C=O) groups is 3. The Morgan fingerprint density at radius 2 is 2.08 bits per heavy atom. The molecule has 1 saturated carbocycles. The van der Waals surface area contributed by atoms with Gasteiger partial charge < -0.3 is 25.0 Å². The fourth-order valence-corrected chi connectivity index (χ4v) is 4.81. The lowest BCUT2D eigenvalue weighted by atomic mass is 10.2.